The van der Waals surface area contributed by atoms with Crippen LogP contribution in [0.4, 0.5) is 5.95 Å². The lowest BCUT2D eigenvalue weighted by molar-refractivity contribution is 0.281. The van der Waals surface area contributed by atoms with Crippen molar-refractivity contribution in [3.63, 3.8) is 0 Å². The summed E-state index contributed by atoms with van der Waals surface area (Å²) in [5, 5.41) is 11.9. The number of nitrogens with zero attached hydrogens (tertiary/aromatic N) is 3. The fourth-order valence-corrected chi connectivity index (χ4v) is 1.77. The van der Waals surface area contributed by atoms with Crippen LogP contribution in [-0.2, 0) is 6.61 Å². The van der Waals surface area contributed by atoms with Gasteiger partial charge in [0.1, 0.15) is 11.3 Å². The molecule has 0 unspecified atom stereocenters. The van der Waals surface area contributed by atoms with Crippen LogP contribution in [0.15, 0.2) is 30.6 Å². The normalized spacial score (nSPS) is 10.7. The van der Waals surface area contributed by atoms with Crippen molar-refractivity contribution in [3.05, 3.63) is 36.2 Å². The number of H-pyrrole nitrogens is 1. The van der Waals surface area contributed by atoms with Gasteiger partial charge in [0.25, 0.3) is 5.88 Å². The second-order valence-corrected chi connectivity index (χ2v) is 4.11. The zero-order valence-corrected chi connectivity index (χ0v) is 10.8. The third-order valence-corrected chi connectivity index (χ3v) is 2.80. The van der Waals surface area contributed by atoms with E-state index in [1.165, 1.54) is 0 Å². The first kappa shape index (κ1) is 12.4. The molecule has 0 amide bonds. The topological polar surface area (TPSA) is 96.0 Å². The van der Waals surface area contributed by atoms with E-state index < -0.39 is 0 Å². The smallest absolute Gasteiger partial charge is 0.250 e. The molecule has 0 spiro atoms. The van der Waals surface area contributed by atoms with Crippen molar-refractivity contribution in [3.8, 4) is 11.6 Å². The molecule has 0 aliphatic carbocycles. The standard InChI is InChI=1S/C13H13N5O2/c1-14-13-17-11-10(15-7-16-11)12(18-13)20-9-4-2-8(6-19)3-5-9/h2-5,7,19H,6H2,1H3,(H2,14,15,16,17,18). The molecule has 2 heterocycles. The molecule has 0 aliphatic heterocycles. The summed E-state index contributed by atoms with van der Waals surface area (Å²) in [4.78, 5) is 15.5. The van der Waals surface area contributed by atoms with Crippen molar-refractivity contribution in [1.29, 1.82) is 0 Å². The van der Waals surface area contributed by atoms with Crippen LogP contribution >= 0.6 is 0 Å². The lowest BCUT2D eigenvalue weighted by Crippen LogP contribution is -1.99. The van der Waals surface area contributed by atoms with Gasteiger partial charge in [-0.2, -0.15) is 9.97 Å². The van der Waals surface area contributed by atoms with Gasteiger partial charge in [0.15, 0.2) is 5.65 Å². The minimum absolute atomic E-state index is 0.00246. The third kappa shape index (κ3) is 2.26. The number of fused-ring (bicyclic) bond motifs is 1. The highest BCUT2D eigenvalue weighted by Crippen LogP contribution is 2.26. The summed E-state index contributed by atoms with van der Waals surface area (Å²) in [5.41, 5.74) is 1.99. The summed E-state index contributed by atoms with van der Waals surface area (Å²) in [6, 6.07) is 7.13. The van der Waals surface area contributed by atoms with Crippen molar-refractivity contribution in [2.24, 2.45) is 0 Å². The molecule has 20 heavy (non-hydrogen) atoms. The van der Waals surface area contributed by atoms with E-state index in [-0.39, 0.29) is 6.61 Å². The molecule has 2 aromatic heterocycles. The zero-order chi connectivity index (χ0) is 13.9. The van der Waals surface area contributed by atoms with E-state index in [0.29, 0.717) is 28.7 Å². The quantitative estimate of drug-likeness (QED) is 0.668. The van der Waals surface area contributed by atoms with Crippen LogP contribution in [0.3, 0.4) is 0 Å². The van der Waals surface area contributed by atoms with Crippen LogP contribution in [0.25, 0.3) is 11.2 Å². The molecule has 102 valence electrons. The van der Waals surface area contributed by atoms with Crippen molar-refractivity contribution >= 4 is 17.1 Å². The van der Waals surface area contributed by atoms with Gasteiger partial charge in [-0.25, -0.2) is 4.98 Å². The number of hydrogen-bond donors (Lipinski definition) is 3. The highest BCUT2D eigenvalue weighted by atomic mass is 16.5. The summed E-state index contributed by atoms with van der Waals surface area (Å²) in [6.07, 6.45) is 1.54. The summed E-state index contributed by atoms with van der Waals surface area (Å²) < 4.78 is 5.75. The summed E-state index contributed by atoms with van der Waals surface area (Å²) in [5.74, 6) is 1.46. The van der Waals surface area contributed by atoms with E-state index in [1.54, 1.807) is 37.6 Å². The Morgan fingerprint density at radius 3 is 2.75 bits per heavy atom. The molecule has 0 radical (unpaired) electrons. The number of nitrogens with one attached hydrogen (secondary N) is 2. The van der Waals surface area contributed by atoms with Crippen molar-refractivity contribution in [2.45, 2.75) is 6.61 Å². The maximum absolute atomic E-state index is 9.02. The number of rotatable bonds is 4. The predicted octanol–water partition coefficient (Wildman–Crippen LogP) is 1.68. The summed E-state index contributed by atoms with van der Waals surface area (Å²) >= 11 is 0. The molecule has 7 heteroatoms. The van der Waals surface area contributed by atoms with Crippen molar-refractivity contribution < 1.29 is 9.84 Å². The van der Waals surface area contributed by atoms with E-state index in [0.717, 1.165) is 5.56 Å². The van der Waals surface area contributed by atoms with Crippen LogP contribution in [0.2, 0.25) is 0 Å². The first-order chi connectivity index (χ1) is 9.80. The molecule has 0 saturated carbocycles. The first-order valence-corrected chi connectivity index (χ1v) is 6.06. The summed E-state index contributed by atoms with van der Waals surface area (Å²) in [7, 11) is 1.73. The van der Waals surface area contributed by atoms with Crippen LogP contribution in [0.5, 0.6) is 11.6 Å². The number of imidazole rings is 1. The van der Waals surface area contributed by atoms with Gasteiger partial charge in [-0.15, -0.1) is 0 Å². The van der Waals surface area contributed by atoms with Gasteiger partial charge in [0.05, 0.1) is 12.9 Å². The fraction of sp³-hybridized carbons (Fsp3) is 0.154. The molecule has 3 rings (SSSR count). The molecule has 3 aromatic rings. The second-order valence-electron chi connectivity index (χ2n) is 4.11. The number of aromatic nitrogens is 4. The molecule has 7 nitrogen and oxygen atoms in total. The van der Waals surface area contributed by atoms with E-state index >= 15 is 0 Å². The molecule has 1 aromatic carbocycles. The van der Waals surface area contributed by atoms with Gasteiger partial charge in [0.2, 0.25) is 5.95 Å². The van der Waals surface area contributed by atoms with E-state index in [9.17, 15) is 0 Å². The highest BCUT2D eigenvalue weighted by Gasteiger charge is 2.11. The molecular formula is C13H13N5O2. The average Bonchev–Trinajstić information content (AvgIpc) is 2.96. The number of aromatic amines is 1. The molecular weight excluding hydrogens is 258 g/mol. The number of anilines is 1. The highest BCUT2D eigenvalue weighted by molar-refractivity contribution is 5.77. The van der Waals surface area contributed by atoms with E-state index in [1.807, 2.05) is 0 Å². The SMILES string of the molecule is CNc1nc(Oc2ccc(CO)cc2)c2[nH]cnc2n1. The number of aliphatic hydroxyl groups excluding tert-OH is 1. The van der Waals surface area contributed by atoms with Gasteiger partial charge in [-0.1, -0.05) is 12.1 Å². The monoisotopic (exact) mass is 271 g/mol. The van der Waals surface area contributed by atoms with Crippen LogP contribution in [0, 0.1) is 0 Å². The lowest BCUT2D eigenvalue weighted by atomic mass is 10.2. The van der Waals surface area contributed by atoms with Gasteiger partial charge in [0, 0.05) is 7.05 Å². The Morgan fingerprint density at radius 2 is 2.05 bits per heavy atom. The third-order valence-electron chi connectivity index (χ3n) is 2.80. The average molecular weight is 271 g/mol. The maximum Gasteiger partial charge on any atom is 0.250 e. The van der Waals surface area contributed by atoms with Crippen molar-refractivity contribution in [2.75, 3.05) is 12.4 Å². The number of ether oxygens (including phenoxy) is 1. The van der Waals surface area contributed by atoms with Crippen LogP contribution in [-0.4, -0.2) is 32.1 Å². The number of aliphatic hydroxyl groups is 1. The largest absolute Gasteiger partial charge is 0.437 e. The Labute approximate surface area is 114 Å². The molecule has 0 atom stereocenters. The fourth-order valence-electron chi connectivity index (χ4n) is 1.77. The van der Waals surface area contributed by atoms with Crippen LogP contribution < -0.4 is 10.1 Å². The number of benzene rings is 1. The van der Waals surface area contributed by atoms with Gasteiger partial charge in [-0.3, -0.25) is 0 Å². The second kappa shape index (κ2) is 5.14. The van der Waals surface area contributed by atoms with Gasteiger partial charge >= 0.3 is 0 Å². The lowest BCUT2D eigenvalue weighted by Gasteiger charge is -2.07. The Bertz CT molecular complexity index is 723. The Balaban J connectivity index is 1.98. The minimum Gasteiger partial charge on any atom is -0.437 e. The van der Waals surface area contributed by atoms with Crippen molar-refractivity contribution in [1.82, 2.24) is 19.9 Å². The maximum atomic E-state index is 9.02. The Hall–Kier alpha value is -2.67. The first-order valence-electron chi connectivity index (χ1n) is 6.06. The van der Waals surface area contributed by atoms with E-state index in [4.69, 9.17) is 9.84 Å². The molecule has 0 bridgehead atoms. The Kier molecular flexibility index (Phi) is 3.18. The Morgan fingerprint density at radius 1 is 1.25 bits per heavy atom. The van der Waals surface area contributed by atoms with E-state index in [2.05, 4.69) is 25.3 Å². The molecule has 0 aliphatic rings. The molecule has 0 fully saturated rings. The van der Waals surface area contributed by atoms with Gasteiger partial charge < -0.3 is 20.1 Å². The number of hydrogen-bond acceptors (Lipinski definition) is 6. The van der Waals surface area contributed by atoms with Gasteiger partial charge in [-0.05, 0) is 17.7 Å². The predicted molar refractivity (Wildman–Crippen MR) is 73.7 cm³/mol. The molecule has 3 N–H and O–H groups in total. The minimum atomic E-state index is 0.00246. The zero-order valence-electron chi connectivity index (χ0n) is 10.8. The summed E-state index contributed by atoms with van der Waals surface area (Å²) in [6.45, 7) is 0.00246. The van der Waals surface area contributed by atoms with Crippen LogP contribution in [0.1, 0.15) is 5.56 Å². The molecule has 0 saturated heterocycles.